The quantitative estimate of drug-likeness (QED) is 0.426. The molecule has 23 heavy (non-hydrogen) atoms. The molecule has 0 amide bonds. The van der Waals surface area contributed by atoms with E-state index in [1.165, 1.54) is 0 Å². The van der Waals surface area contributed by atoms with Crippen LogP contribution in [0.25, 0.3) is 10.8 Å². The number of hydrogen-bond acceptors (Lipinski definition) is 2. The lowest BCUT2D eigenvalue weighted by molar-refractivity contribution is 0.0983. The van der Waals surface area contributed by atoms with Crippen LogP contribution in [-0.2, 0) is 6.42 Å². The molecule has 0 aliphatic heterocycles. The van der Waals surface area contributed by atoms with E-state index in [-0.39, 0.29) is 11.6 Å². The van der Waals surface area contributed by atoms with E-state index in [9.17, 15) is 4.79 Å². The van der Waals surface area contributed by atoms with Gasteiger partial charge in [-0.2, -0.15) is 0 Å². The summed E-state index contributed by atoms with van der Waals surface area (Å²) >= 11 is 0. The molecular weight excluding hydrogens is 284 g/mol. The number of nitrogens with one attached hydrogen (secondary N) is 1. The largest absolute Gasteiger partial charge is 0.384 e. The van der Waals surface area contributed by atoms with Gasteiger partial charge in [-0.1, -0.05) is 60.7 Å². The van der Waals surface area contributed by atoms with Crippen molar-refractivity contribution in [2.24, 2.45) is 5.73 Å². The molecule has 3 heteroatoms. The molecule has 0 radical (unpaired) electrons. The minimum absolute atomic E-state index is 0.0591. The van der Waals surface area contributed by atoms with Gasteiger partial charge in [0.05, 0.1) is 0 Å². The summed E-state index contributed by atoms with van der Waals surface area (Å²) in [4.78, 5) is 12.4. The zero-order valence-corrected chi connectivity index (χ0v) is 12.8. The number of rotatable bonds is 5. The predicted octanol–water partition coefficient (Wildman–Crippen LogP) is 3.94. The number of nitrogen functional groups attached to an aromatic ring is 1. The predicted molar refractivity (Wildman–Crippen MR) is 94.1 cm³/mol. The summed E-state index contributed by atoms with van der Waals surface area (Å²) in [5.74, 6) is 0.204. The average molecular weight is 302 g/mol. The molecule has 0 saturated heterocycles. The van der Waals surface area contributed by atoms with Gasteiger partial charge in [0, 0.05) is 17.5 Å². The lowest BCUT2D eigenvalue weighted by Crippen LogP contribution is -2.10. The van der Waals surface area contributed by atoms with Crippen molar-refractivity contribution < 1.29 is 4.79 Å². The minimum Gasteiger partial charge on any atom is -0.384 e. The monoisotopic (exact) mass is 302 g/mol. The molecule has 3 aromatic rings. The first-order valence-electron chi connectivity index (χ1n) is 7.59. The van der Waals surface area contributed by atoms with Gasteiger partial charge in [0.15, 0.2) is 5.78 Å². The zero-order valence-electron chi connectivity index (χ0n) is 12.8. The number of aryl methyl sites for hydroxylation is 1. The van der Waals surface area contributed by atoms with E-state index < -0.39 is 0 Å². The van der Waals surface area contributed by atoms with Gasteiger partial charge in [-0.25, -0.2) is 0 Å². The lowest BCUT2D eigenvalue weighted by Gasteiger charge is -2.05. The fourth-order valence-electron chi connectivity index (χ4n) is 2.62. The van der Waals surface area contributed by atoms with Crippen LogP contribution >= 0.6 is 0 Å². The smallest absolute Gasteiger partial charge is 0.163 e. The molecule has 0 aromatic heterocycles. The normalized spacial score (nSPS) is 10.6. The highest BCUT2D eigenvalue weighted by Crippen LogP contribution is 2.17. The van der Waals surface area contributed by atoms with E-state index in [0.717, 1.165) is 21.9 Å². The average Bonchev–Trinajstić information content (AvgIpc) is 2.59. The molecule has 0 unspecified atom stereocenters. The van der Waals surface area contributed by atoms with E-state index >= 15 is 0 Å². The minimum atomic E-state index is 0.0591. The van der Waals surface area contributed by atoms with Crippen molar-refractivity contribution in [1.82, 2.24) is 0 Å². The Morgan fingerprint density at radius 2 is 1.52 bits per heavy atom. The first kappa shape index (κ1) is 15.0. The van der Waals surface area contributed by atoms with E-state index in [1.54, 1.807) is 0 Å². The lowest BCUT2D eigenvalue weighted by atomic mass is 9.99. The molecule has 0 bridgehead atoms. The summed E-state index contributed by atoms with van der Waals surface area (Å²) in [6, 6.07) is 21.4. The summed E-state index contributed by atoms with van der Waals surface area (Å²) in [5, 5.41) is 9.61. The number of carbonyl (C=O) groups excluding carboxylic acids is 1. The van der Waals surface area contributed by atoms with Crippen LogP contribution < -0.4 is 5.73 Å². The third kappa shape index (κ3) is 3.46. The van der Waals surface area contributed by atoms with Gasteiger partial charge in [0.2, 0.25) is 0 Å². The second kappa shape index (κ2) is 6.44. The SMILES string of the molecule is N=C(N)c1ccc(CCC(=O)c2ccc3ccccc3c2)cc1. The Labute approximate surface area is 135 Å². The molecule has 114 valence electrons. The second-order valence-electron chi connectivity index (χ2n) is 5.60. The highest BCUT2D eigenvalue weighted by molar-refractivity contribution is 6.00. The molecule has 0 atom stereocenters. The first-order chi connectivity index (χ1) is 11.1. The highest BCUT2D eigenvalue weighted by Gasteiger charge is 2.07. The number of amidine groups is 1. The number of nitrogens with two attached hydrogens (primary N) is 1. The van der Waals surface area contributed by atoms with Crippen molar-refractivity contribution in [1.29, 1.82) is 5.41 Å². The summed E-state index contributed by atoms with van der Waals surface area (Å²) in [6.07, 6.45) is 1.15. The van der Waals surface area contributed by atoms with Crippen molar-refractivity contribution in [2.75, 3.05) is 0 Å². The fourth-order valence-corrected chi connectivity index (χ4v) is 2.62. The van der Waals surface area contributed by atoms with E-state index in [0.29, 0.717) is 18.4 Å². The van der Waals surface area contributed by atoms with E-state index in [4.69, 9.17) is 11.1 Å². The maximum Gasteiger partial charge on any atom is 0.163 e. The standard InChI is InChI=1S/C20H18N2O/c21-20(22)16-8-5-14(6-9-16)7-12-19(23)18-11-10-15-3-1-2-4-17(15)13-18/h1-6,8-11,13H,7,12H2,(H3,21,22). The van der Waals surface area contributed by atoms with Crippen molar-refractivity contribution in [3.8, 4) is 0 Å². The maximum absolute atomic E-state index is 12.4. The van der Waals surface area contributed by atoms with Gasteiger partial charge >= 0.3 is 0 Å². The van der Waals surface area contributed by atoms with Gasteiger partial charge < -0.3 is 5.73 Å². The number of Topliss-reactive ketones (excluding diaryl/α,β-unsaturated/α-hetero) is 1. The van der Waals surface area contributed by atoms with Gasteiger partial charge in [-0.15, -0.1) is 0 Å². The molecule has 0 aliphatic rings. The van der Waals surface area contributed by atoms with Crippen LogP contribution in [0.5, 0.6) is 0 Å². The van der Waals surface area contributed by atoms with Crippen LogP contribution in [0.2, 0.25) is 0 Å². The third-order valence-corrected chi connectivity index (χ3v) is 3.98. The molecular formula is C20H18N2O. The Hall–Kier alpha value is -2.94. The van der Waals surface area contributed by atoms with Gasteiger partial charge in [0.25, 0.3) is 0 Å². The fraction of sp³-hybridized carbons (Fsp3) is 0.100. The van der Waals surface area contributed by atoms with Crippen molar-refractivity contribution in [2.45, 2.75) is 12.8 Å². The molecule has 0 spiro atoms. The van der Waals surface area contributed by atoms with E-state index in [2.05, 4.69) is 0 Å². The van der Waals surface area contributed by atoms with Gasteiger partial charge in [-0.3, -0.25) is 10.2 Å². The molecule has 0 fully saturated rings. The van der Waals surface area contributed by atoms with Crippen LogP contribution in [0.3, 0.4) is 0 Å². The van der Waals surface area contributed by atoms with Crippen molar-refractivity contribution in [3.05, 3.63) is 83.4 Å². The van der Waals surface area contributed by atoms with Crippen LogP contribution in [0.1, 0.15) is 27.9 Å². The van der Waals surface area contributed by atoms with Gasteiger partial charge in [-0.05, 0) is 28.8 Å². The zero-order chi connectivity index (χ0) is 16.2. The Balaban J connectivity index is 1.69. The van der Waals surface area contributed by atoms with Crippen LogP contribution in [0, 0.1) is 5.41 Å². The summed E-state index contributed by atoms with van der Waals surface area (Å²) in [6.45, 7) is 0. The molecule has 0 aliphatic carbocycles. The summed E-state index contributed by atoms with van der Waals surface area (Å²) in [5.41, 5.74) is 7.97. The summed E-state index contributed by atoms with van der Waals surface area (Å²) in [7, 11) is 0. The Kier molecular flexibility index (Phi) is 4.20. The first-order valence-corrected chi connectivity index (χ1v) is 7.59. The molecule has 3 aromatic carbocycles. The Morgan fingerprint density at radius 1 is 0.870 bits per heavy atom. The van der Waals surface area contributed by atoms with E-state index in [1.807, 2.05) is 66.7 Å². The topological polar surface area (TPSA) is 66.9 Å². The van der Waals surface area contributed by atoms with Crippen LogP contribution in [-0.4, -0.2) is 11.6 Å². The number of benzene rings is 3. The number of ketones is 1. The van der Waals surface area contributed by atoms with Crippen LogP contribution in [0.15, 0.2) is 66.7 Å². The Bertz CT molecular complexity index is 866. The molecule has 0 saturated carbocycles. The molecule has 0 heterocycles. The number of hydrogen-bond donors (Lipinski definition) is 2. The highest BCUT2D eigenvalue weighted by atomic mass is 16.1. The molecule has 3 rings (SSSR count). The van der Waals surface area contributed by atoms with Crippen LogP contribution in [0.4, 0.5) is 0 Å². The summed E-state index contributed by atoms with van der Waals surface area (Å²) < 4.78 is 0. The van der Waals surface area contributed by atoms with Crippen molar-refractivity contribution in [3.63, 3.8) is 0 Å². The molecule has 3 N–H and O–H groups in total. The second-order valence-corrected chi connectivity index (χ2v) is 5.60. The number of carbonyl (C=O) groups is 1. The van der Waals surface area contributed by atoms with Crippen molar-refractivity contribution >= 4 is 22.4 Å². The number of fused-ring (bicyclic) bond motifs is 1. The Morgan fingerprint density at radius 3 is 2.22 bits per heavy atom. The maximum atomic E-state index is 12.4. The van der Waals surface area contributed by atoms with Gasteiger partial charge in [0.1, 0.15) is 5.84 Å². The third-order valence-electron chi connectivity index (χ3n) is 3.98. The molecule has 3 nitrogen and oxygen atoms in total.